The maximum absolute atomic E-state index is 14.6. The second-order valence-corrected chi connectivity index (χ2v) is 5.12. The van der Waals surface area contributed by atoms with E-state index in [0.29, 0.717) is 0 Å². The summed E-state index contributed by atoms with van der Waals surface area (Å²) in [5.74, 6) is -0.779. The van der Waals surface area contributed by atoms with Crippen molar-refractivity contribution < 1.29 is 13.9 Å². The third kappa shape index (κ3) is 1.84. The van der Waals surface area contributed by atoms with Crippen molar-refractivity contribution in [3.8, 4) is 0 Å². The predicted octanol–water partition coefficient (Wildman–Crippen LogP) is 3.03. The van der Waals surface area contributed by atoms with Crippen LogP contribution in [0.2, 0.25) is 0 Å². The molecule has 2 bridgehead atoms. The molecular weight excluding hydrogens is 231 g/mol. The Morgan fingerprint density at radius 2 is 2.11 bits per heavy atom. The number of ether oxygens (including phenoxy) is 1. The largest absolute Gasteiger partial charge is 0.458 e. The van der Waals surface area contributed by atoms with Crippen molar-refractivity contribution in [3.63, 3.8) is 0 Å². The van der Waals surface area contributed by atoms with Crippen LogP contribution in [0.3, 0.4) is 0 Å². The maximum atomic E-state index is 14.6. The van der Waals surface area contributed by atoms with Crippen molar-refractivity contribution >= 4 is 5.97 Å². The van der Waals surface area contributed by atoms with Crippen molar-refractivity contribution in [2.24, 2.45) is 11.8 Å². The van der Waals surface area contributed by atoms with E-state index in [4.69, 9.17) is 4.74 Å². The fraction of sp³-hybridized carbons (Fsp3) is 0.400. The molecule has 1 aromatic rings. The zero-order chi connectivity index (χ0) is 12.6. The molecule has 0 spiro atoms. The first-order chi connectivity index (χ1) is 8.68. The highest BCUT2D eigenvalue weighted by atomic mass is 19.1. The molecule has 2 aliphatic carbocycles. The Labute approximate surface area is 105 Å². The lowest BCUT2D eigenvalue weighted by molar-refractivity contribution is -0.161. The van der Waals surface area contributed by atoms with Gasteiger partial charge in [0.15, 0.2) is 0 Å². The first kappa shape index (κ1) is 11.5. The highest BCUT2D eigenvalue weighted by molar-refractivity contribution is 5.81. The molecule has 1 aromatic carbocycles. The summed E-state index contributed by atoms with van der Waals surface area (Å²) >= 11 is 0. The van der Waals surface area contributed by atoms with Crippen LogP contribution >= 0.6 is 0 Å². The fourth-order valence-electron chi connectivity index (χ4n) is 2.88. The Morgan fingerprint density at radius 1 is 1.33 bits per heavy atom. The minimum Gasteiger partial charge on any atom is -0.458 e. The normalized spacial score (nSPS) is 32.7. The van der Waals surface area contributed by atoms with Crippen LogP contribution in [0.15, 0.2) is 42.5 Å². The van der Waals surface area contributed by atoms with Crippen LogP contribution in [0.5, 0.6) is 0 Å². The summed E-state index contributed by atoms with van der Waals surface area (Å²) in [5.41, 5.74) is -0.915. The Bertz CT molecular complexity index is 483. The highest BCUT2D eigenvalue weighted by Crippen LogP contribution is 2.49. The summed E-state index contributed by atoms with van der Waals surface area (Å²) in [5, 5.41) is 0. The van der Waals surface area contributed by atoms with Crippen LogP contribution in [0, 0.1) is 11.8 Å². The van der Waals surface area contributed by atoms with Crippen LogP contribution in [0.4, 0.5) is 4.39 Å². The molecular formula is C15H15FO2. The summed E-state index contributed by atoms with van der Waals surface area (Å²) in [4.78, 5) is 11.9. The fourth-order valence-corrected chi connectivity index (χ4v) is 2.88. The van der Waals surface area contributed by atoms with Crippen molar-refractivity contribution in [2.75, 3.05) is 0 Å². The number of esters is 1. The number of fused-ring (bicyclic) bond motifs is 2. The van der Waals surface area contributed by atoms with E-state index in [0.717, 1.165) is 12.0 Å². The number of hydrogen-bond donors (Lipinski definition) is 0. The smallest absolute Gasteiger partial charge is 0.344 e. The van der Waals surface area contributed by atoms with E-state index in [-0.39, 0.29) is 24.9 Å². The molecule has 3 heteroatoms. The van der Waals surface area contributed by atoms with Gasteiger partial charge in [0, 0.05) is 5.92 Å². The zero-order valence-corrected chi connectivity index (χ0v) is 10.0. The molecule has 0 amide bonds. The van der Waals surface area contributed by atoms with Gasteiger partial charge >= 0.3 is 5.97 Å². The van der Waals surface area contributed by atoms with Crippen LogP contribution in [0.25, 0.3) is 0 Å². The van der Waals surface area contributed by atoms with E-state index in [9.17, 15) is 9.18 Å². The van der Waals surface area contributed by atoms with Crippen molar-refractivity contribution in [1.82, 2.24) is 0 Å². The third-order valence-corrected chi connectivity index (χ3v) is 3.87. The van der Waals surface area contributed by atoms with Crippen LogP contribution in [-0.2, 0) is 16.1 Å². The number of carbonyl (C=O) groups excluding carboxylic acids is 1. The number of hydrogen-bond acceptors (Lipinski definition) is 2. The minimum atomic E-state index is -1.80. The standard InChI is InChI=1S/C15H15FO2/c16-15(9-12-6-7-13(15)8-12)14(17)18-10-11-4-2-1-3-5-11/h1-7,12-13H,8-10H2/t12-,13+,15+/m1/s1. The molecule has 1 saturated carbocycles. The summed E-state index contributed by atoms with van der Waals surface area (Å²) in [7, 11) is 0. The van der Waals surface area contributed by atoms with E-state index >= 15 is 0 Å². The molecule has 2 aliphatic rings. The lowest BCUT2D eigenvalue weighted by Gasteiger charge is -2.24. The molecule has 2 nitrogen and oxygen atoms in total. The summed E-state index contributed by atoms with van der Waals surface area (Å²) in [6.07, 6.45) is 4.85. The first-order valence-corrected chi connectivity index (χ1v) is 6.27. The van der Waals surface area contributed by atoms with E-state index in [2.05, 4.69) is 0 Å². The summed E-state index contributed by atoms with van der Waals surface area (Å²) < 4.78 is 19.7. The second-order valence-electron chi connectivity index (χ2n) is 5.12. The number of carbonyl (C=O) groups is 1. The van der Waals surface area contributed by atoms with Gasteiger partial charge in [-0.25, -0.2) is 9.18 Å². The highest BCUT2D eigenvalue weighted by Gasteiger charge is 2.55. The van der Waals surface area contributed by atoms with Gasteiger partial charge in [0.2, 0.25) is 5.67 Å². The van der Waals surface area contributed by atoms with Crippen molar-refractivity contribution in [2.45, 2.75) is 25.1 Å². The maximum Gasteiger partial charge on any atom is 0.344 e. The van der Waals surface area contributed by atoms with Gasteiger partial charge in [-0.05, 0) is 24.3 Å². The minimum absolute atomic E-state index is 0.145. The molecule has 0 N–H and O–H groups in total. The van der Waals surface area contributed by atoms with Gasteiger partial charge in [0.05, 0.1) is 0 Å². The van der Waals surface area contributed by atoms with Crippen LogP contribution < -0.4 is 0 Å². The van der Waals surface area contributed by atoms with E-state index in [1.165, 1.54) is 0 Å². The molecule has 0 unspecified atom stereocenters. The zero-order valence-electron chi connectivity index (χ0n) is 10.0. The van der Waals surface area contributed by atoms with Gasteiger partial charge in [-0.3, -0.25) is 0 Å². The molecule has 3 atom stereocenters. The number of alkyl halides is 1. The molecule has 94 valence electrons. The SMILES string of the molecule is O=C(OCc1ccccc1)[C@]1(F)C[C@@H]2C=C[C@H]1C2. The van der Waals surface area contributed by atoms with Crippen LogP contribution in [0.1, 0.15) is 18.4 Å². The van der Waals surface area contributed by atoms with E-state index < -0.39 is 11.6 Å². The third-order valence-electron chi connectivity index (χ3n) is 3.87. The summed E-state index contributed by atoms with van der Waals surface area (Å²) in [6, 6.07) is 9.35. The summed E-state index contributed by atoms with van der Waals surface area (Å²) in [6.45, 7) is 0.145. The van der Waals surface area contributed by atoms with Gasteiger partial charge in [0.1, 0.15) is 6.61 Å². The molecule has 0 heterocycles. The molecule has 18 heavy (non-hydrogen) atoms. The monoisotopic (exact) mass is 246 g/mol. The lowest BCUT2D eigenvalue weighted by Crippen LogP contribution is -2.39. The topological polar surface area (TPSA) is 26.3 Å². The molecule has 0 aromatic heterocycles. The van der Waals surface area contributed by atoms with Gasteiger partial charge in [-0.15, -0.1) is 0 Å². The number of benzene rings is 1. The van der Waals surface area contributed by atoms with Crippen molar-refractivity contribution in [3.05, 3.63) is 48.0 Å². The molecule has 0 aliphatic heterocycles. The molecule has 3 rings (SSSR count). The Balaban J connectivity index is 1.64. The number of allylic oxidation sites excluding steroid dienone is 2. The molecule has 1 fully saturated rings. The predicted molar refractivity (Wildman–Crippen MR) is 65.4 cm³/mol. The number of rotatable bonds is 3. The van der Waals surface area contributed by atoms with E-state index in [1.54, 1.807) is 0 Å². The Kier molecular flexibility index (Phi) is 2.69. The average Bonchev–Trinajstić information content (AvgIpc) is 2.97. The quantitative estimate of drug-likeness (QED) is 0.605. The lowest BCUT2D eigenvalue weighted by atomic mass is 9.90. The van der Waals surface area contributed by atoms with Gasteiger partial charge < -0.3 is 4.74 Å². The van der Waals surface area contributed by atoms with Gasteiger partial charge in [-0.1, -0.05) is 42.5 Å². The Hall–Kier alpha value is -1.64. The van der Waals surface area contributed by atoms with E-state index in [1.807, 2.05) is 42.5 Å². The second kappa shape index (κ2) is 4.23. The van der Waals surface area contributed by atoms with Gasteiger partial charge in [-0.2, -0.15) is 0 Å². The van der Waals surface area contributed by atoms with Crippen molar-refractivity contribution in [1.29, 1.82) is 0 Å². The molecule has 0 saturated heterocycles. The number of halogens is 1. The first-order valence-electron chi connectivity index (χ1n) is 6.27. The molecule has 0 radical (unpaired) electrons. The Morgan fingerprint density at radius 3 is 2.72 bits per heavy atom. The average molecular weight is 246 g/mol. The van der Waals surface area contributed by atoms with Gasteiger partial charge in [0.25, 0.3) is 0 Å². The van der Waals surface area contributed by atoms with Crippen LogP contribution in [-0.4, -0.2) is 11.6 Å².